The molecule has 0 saturated heterocycles. The molecule has 3 nitrogen and oxygen atoms in total. The zero-order valence-electron chi connectivity index (χ0n) is 9.03. The molecule has 1 heterocycles. The number of carboxylic acids is 1. The highest BCUT2D eigenvalue weighted by molar-refractivity contribution is 5.87. The molecule has 0 bridgehead atoms. The fourth-order valence-corrected chi connectivity index (χ4v) is 2.73. The zero-order chi connectivity index (χ0) is 11.3. The minimum absolute atomic E-state index is 0.0832. The van der Waals surface area contributed by atoms with Crippen molar-refractivity contribution in [3.05, 3.63) is 35.5 Å². The topological polar surface area (TPSA) is 53.1 Å². The van der Waals surface area contributed by atoms with Crippen LogP contribution in [0.2, 0.25) is 0 Å². The second kappa shape index (κ2) is 3.11. The van der Waals surface area contributed by atoms with Crippen LogP contribution < -0.4 is 0 Å². The number of aromatic amines is 1. The lowest BCUT2D eigenvalue weighted by Crippen LogP contribution is -2.17. The Hall–Kier alpha value is -1.77. The van der Waals surface area contributed by atoms with Crippen molar-refractivity contribution in [1.82, 2.24) is 4.98 Å². The van der Waals surface area contributed by atoms with Crippen LogP contribution >= 0.6 is 0 Å². The normalized spacial score (nSPS) is 23.6. The van der Waals surface area contributed by atoms with Gasteiger partial charge in [0.2, 0.25) is 0 Å². The Balaban J connectivity index is 2.18. The summed E-state index contributed by atoms with van der Waals surface area (Å²) in [5, 5.41) is 10.3. The Morgan fingerprint density at radius 3 is 2.94 bits per heavy atom. The maximum absolute atomic E-state index is 11.1. The second-order valence-electron chi connectivity index (χ2n) is 4.50. The van der Waals surface area contributed by atoms with E-state index in [2.05, 4.69) is 11.1 Å². The molecule has 3 heteroatoms. The van der Waals surface area contributed by atoms with Gasteiger partial charge < -0.3 is 10.1 Å². The number of aliphatic carboxylic acids is 1. The van der Waals surface area contributed by atoms with Crippen LogP contribution in [0.1, 0.15) is 24.1 Å². The Morgan fingerprint density at radius 2 is 2.19 bits per heavy atom. The number of hydrogen-bond acceptors (Lipinski definition) is 1. The minimum Gasteiger partial charge on any atom is -0.481 e. The molecule has 82 valence electrons. The lowest BCUT2D eigenvalue weighted by molar-refractivity contribution is -0.142. The summed E-state index contributed by atoms with van der Waals surface area (Å²) >= 11 is 0. The molecule has 16 heavy (non-hydrogen) atoms. The third kappa shape index (κ3) is 1.11. The number of carboxylic acid groups (broad SMARTS) is 1. The number of nitrogens with one attached hydrogen (secondary N) is 1. The molecule has 3 rings (SSSR count). The van der Waals surface area contributed by atoms with Crippen molar-refractivity contribution in [3.8, 4) is 0 Å². The van der Waals surface area contributed by atoms with Crippen LogP contribution in [-0.2, 0) is 11.2 Å². The van der Waals surface area contributed by atoms with Gasteiger partial charge in [0.05, 0.1) is 5.92 Å². The molecule has 2 atom stereocenters. The first-order valence-corrected chi connectivity index (χ1v) is 5.50. The SMILES string of the molecule is C[C@@H]1c2[nH]c3ccccc3c2C[C@@H]1C(=O)O. The second-order valence-corrected chi connectivity index (χ2v) is 4.50. The van der Waals surface area contributed by atoms with Gasteiger partial charge in [0, 0.05) is 22.5 Å². The highest BCUT2D eigenvalue weighted by Crippen LogP contribution is 2.41. The molecule has 0 aliphatic heterocycles. The quantitative estimate of drug-likeness (QED) is 0.768. The molecule has 1 aliphatic carbocycles. The third-order valence-corrected chi connectivity index (χ3v) is 3.65. The number of carbonyl (C=O) groups is 1. The molecule has 0 fully saturated rings. The van der Waals surface area contributed by atoms with E-state index in [-0.39, 0.29) is 11.8 Å². The first-order chi connectivity index (χ1) is 7.68. The van der Waals surface area contributed by atoms with Gasteiger partial charge in [0.25, 0.3) is 0 Å². The number of rotatable bonds is 1. The average molecular weight is 215 g/mol. The van der Waals surface area contributed by atoms with Gasteiger partial charge in [-0.15, -0.1) is 0 Å². The molecule has 1 aliphatic rings. The van der Waals surface area contributed by atoms with Crippen LogP contribution in [0.25, 0.3) is 10.9 Å². The molecule has 1 aromatic carbocycles. The van der Waals surface area contributed by atoms with E-state index in [0.29, 0.717) is 6.42 Å². The average Bonchev–Trinajstić information content (AvgIpc) is 2.76. The standard InChI is InChI=1S/C13H13NO2/c1-7-9(13(15)16)6-10-8-4-2-3-5-11(8)14-12(7)10/h2-5,7,9,14H,6H2,1H3,(H,15,16)/t7-,9-/m0/s1. The number of aromatic nitrogens is 1. The van der Waals surface area contributed by atoms with E-state index in [1.165, 1.54) is 10.9 Å². The molecule has 2 aromatic rings. The monoisotopic (exact) mass is 215 g/mol. The van der Waals surface area contributed by atoms with E-state index >= 15 is 0 Å². The van der Waals surface area contributed by atoms with Crippen molar-refractivity contribution >= 4 is 16.9 Å². The van der Waals surface area contributed by atoms with Gasteiger partial charge in [-0.3, -0.25) is 4.79 Å². The van der Waals surface area contributed by atoms with Gasteiger partial charge in [-0.25, -0.2) is 0 Å². The van der Waals surface area contributed by atoms with E-state index in [1.807, 2.05) is 25.1 Å². The Morgan fingerprint density at radius 1 is 1.44 bits per heavy atom. The highest BCUT2D eigenvalue weighted by atomic mass is 16.4. The van der Waals surface area contributed by atoms with E-state index in [4.69, 9.17) is 5.11 Å². The Kier molecular flexibility index (Phi) is 1.84. The fourth-order valence-electron chi connectivity index (χ4n) is 2.73. The van der Waals surface area contributed by atoms with Crippen molar-refractivity contribution in [1.29, 1.82) is 0 Å². The molecule has 0 saturated carbocycles. The molecule has 0 unspecified atom stereocenters. The van der Waals surface area contributed by atoms with Gasteiger partial charge in [0.1, 0.15) is 0 Å². The molecule has 2 N–H and O–H groups in total. The van der Waals surface area contributed by atoms with Crippen LogP contribution in [0.3, 0.4) is 0 Å². The largest absolute Gasteiger partial charge is 0.481 e. The summed E-state index contributed by atoms with van der Waals surface area (Å²) in [7, 11) is 0. The number of hydrogen-bond donors (Lipinski definition) is 2. The minimum atomic E-state index is -0.693. The smallest absolute Gasteiger partial charge is 0.307 e. The fraction of sp³-hybridized carbons (Fsp3) is 0.308. The van der Waals surface area contributed by atoms with Crippen molar-refractivity contribution in [2.45, 2.75) is 19.3 Å². The van der Waals surface area contributed by atoms with Gasteiger partial charge in [-0.1, -0.05) is 25.1 Å². The summed E-state index contributed by atoms with van der Waals surface area (Å²) < 4.78 is 0. The molecular formula is C13H13NO2. The lowest BCUT2D eigenvalue weighted by Gasteiger charge is -2.10. The van der Waals surface area contributed by atoms with Crippen molar-refractivity contribution in [2.75, 3.05) is 0 Å². The summed E-state index contributed by atoms with van der Waals surface area (Å²) in [6.07, 6.45) is 0.649. The Bertz CT molecular complexity index is 570. The van der Waals surface area contributed by atoms with Crippen molar-refractivity contribution in [2.24, 2.45) is 5.92 Å². The van der Waals surface area contributed by atoms with Crippen LogP contribution in [0, 0.1) is 5.92 Å². The Labute approximate surface area is 93.1 Å². The van der Waals surface area contributed by atoms with Crippen LogP contribution in [0.15, 0.2) is 24.3 Å². The zero-order valence-corrected chi connectivity index (χ0v) is 9.03. The summed E-state index contributed by atoms with van der Waals surface area (Å²) in [4.78, 5) is 14.4. The van der Waals surface area contributed by atoms with Gasteiger partial charge >= 0.3 is 5.97 Å². The van der Waals surface area contributed by atoms with E-state index in [9.17, 15) is 4.79 Å². The van der Waals surface area contributed by atoms with E-state index < -0.39 is 5.97 Å². The summed E-state index contributed by atoms with van der Waals surface area (Å²) in [6, 6.07) is 8.08. The number of H-pyrrole nitrogens is 1. The first kappa shape index (κ1) is 9.46. The third-order valence-electron chi connectivity index (χ3n) is 3.65. The summed E-state index contributed by atoms with van der Waals surface area (Å²) in [5.74, 6) is -0.882. The lowest BCUT2D eigenvalue weighted by atomic mass is 9.97. The molecule has 0 amide bonds. The maximum atomic E-state index is 11.1. The predicted octanol–water partition coefficient (Wildman–Crippen LogP) is 2.53. The molecule has 0 radical (unpaired) electrons. The highest BCUT2D eigenvalue weighted by Gasteiger charge is 2.36. The number of benzene rings is 1. The number of fused-ring (bicyclic) bond motifs is 3. The van der Waals surface area contributed by atoms with Crippen molar-refractivity contribution < 1.29 is 9.90 Å². The molecule has 0 spiro atoms. The van der Waals surface area contributed by atoms with E-state index in [1.54, 1.807) is 0 Å². The summed E-state index contributed by atoms with van der Waals surface area (Å²) in [6.45, 7) is 1.99. The first-order valence-electron chi connectivity index (χ1n) is 5.50. The van der Waals surface area contributed by atoms with Crippen LogP contribution in [0.5, 0.6) is 0 Å². The molecular weight excluding hydrogens is 202 g/mol. The van der Waals surface area contributed by atoms with Gasteiger partial charge in [-0.05, 0) is 18.1 Å². The van der Waals surface area contributed by atoms with Crippen LogP contribution in [-0.4, -0.2) is 16.1 Å². The molecule has 1 aromatic heterocycles. The van der Waals surface area contributed by atoms with Crippen molar-refractivity contribution in [3.63, 3.8) is 0 Å². The maximum Gasteiger partial charge on any atom is 0.307 e. The van der Waals surface area contributed by atoms with Crippen LogP contribution in [0.4, 0.5) is 0 Å². The van der Waals surface area contributed by atoms with Gasteiger partial charge in [-0.2, -0.15) is 0 Å². The summed E-state index contributed by atoms with van der Waals surface area (Å²) in [5.41, 5.74) is 3.41. The van der Waals surface area contributed by atoms with Gasteiger partial charge in [0.15, 0.2) is 0 Å². The number of para-hydroxylation sites is 1. The predicted molar refractivity (Wildman–Crippen MR) is 61.5 cm³/mol. The van der Waals surface area contributed by atoms with E-state index in [0.717, 1.165) is 11.2 Å².